The third kappa shape index (κ3) is 2.87. The molecule has 0 aliphatic carbocycles. The first kappa shape index (κ1) is 11.7. The van der Waals surface area contributed by atoms with Crippen molar-refractivity contribution >= 4 is 39.9 Å². The highest BCUT2D eigenvalue weighted by molar-refractivity contribution is 7.98. The molecule has 0 aliphatic heterocycles. The minimum atomic E-state index is 0.759. The molecule has 16 heavy (non-hydrogen) atoms. The van der Waals surface area contributed by atoms with Crippen molar-refractivity contribution in [2.45, 2.75) is 10.6 Å². The standard InChI is InChI=1S/C10H10ClN3S2/c1-12-10-9(13-14-16-10)6-15-8-4-2-3-7(11)5-8/h2-5,12H,6H2,1H3. The van der Waals surface area contributed by atoms with Crippen molar-refractivity contribution in [3.63, 3.8) is 0 Å². The molecular weight excluding hydrogens is 262 g/mol. The van der Waals surface area contributed by atoms with E-state index < -0.39 is 0 Å². The van der Waals surface area contributed by atoms with Crippen LogP contribution in [-0.2, 0) is 5.75 Å². The van der Waals surface area contributed by atoms with Crippen LogP contribution in [-0.4, -0.2) is 16.6 Å². The number of nitrogens with one attached hydrogen (secondary N) is 1. The molecule has 0 spiro atoms. The summed E-state index contributed by atoms with van der Waals surface area (Å²) in [5.74, 6) is 0.799. The Bertz CT molecular complexity index is 473. The van der Waals surface area contributed by atoms with E-state index >= 15 is 0 Å². The van der Waals surface area contributed by atoms with Crippen molar-refractivity contribution < 1.29 is 0 Å². The Labute approximate surface area is 107 Å². The quantitative estimate of drug-likeness (QED) is 0.864. The lowest BCUT2D eigenvalue weighted by atomic mass is 10.4. The van der Waals surface area contributed by atoms with Crippen LogP contribution in [0.5, 0.6) is 0 Å². The van der Waals surface area contributed by atoms with E-state index in [1.165, 1.54) is 11.5 Å². The highest BCUT2D eigenvalue weighted by Crippen LogP contribution is 2.28. The molecule has 2 rings (SSSR count). The Morgan fingerprint density at radius 2 is 2.38 bits per heavy atom. The van der Waals surface area contributed by atoms with E-state index in [4.69, 9.17) is 11.6 Å². The predicted molar refractivity (Wildman–Crippen MR) is 70.5 cm³/mol. The number of hydrogen-bond donors (Lipinski definition) is 1. The van der Waals surface area contributed by atoms with Gasteiger partial charge in [-0.2, -0.15) is 0 Å². The minimum Gasteiger partial charge on any atom is -0.377 e. The molecule has 0 saturated heterocycles. The van der Waals surface area contributed by atoms with E-state index in [1.807, 2.05) is 31.3 Å². The molecule has 0 radical (unpaired) electrons. The summed E-state index contributed by atoms with van der Waals surface area (Å²) >= 11 is 8.99. The topological polar surface area (TPSA) is 37.8 Å². The number of halogens is 1. The Hall–Kier alpha value is -0.780. The van der Waals surface area contributed by atoms with Crippen molar-refractivity contribution in [3.05, 3.63) is 35.0 Å². The smallest absolute Gasteiger partial charge is 0.133 e. The van der Waals surface area contributed by atoms with Gasteiger partial charge in [-0.3, -0.25) is 0 Å². The van der Waals surface area contributed by atoms with Gasteiger partial charge in [0.25, 0.3) is 0 Å². The number of aromatic nitrogens is 2. The first-order valence-corrected chi connectivity index (χ1v) is 6.80. The van der Waals surface area contributed by atoms with Crippen LogP contribution in [0.4, 0.5) is 5.00 Å². The normalized spacial score (nSPS) is 10.4. The lowest BCUT2D eigenvalue weighted by Gasteiger charge is -2.01. The highest BCUT2D eigenvalue weighted by Gasteiger charge is 2.06. The van der Waals surface area contributed by atoms with Gasteiger partial charge < -0.3 is 5.32 Å². The second-order valence-electron chi connectivity index (χ2n) is 3.04. The number of benzene rings is 1. The summed E-state index contributed by atoms with van der Waals surface area (Å²) in [6, 6.07) is 7.80. The molecule has 0 amide bonds. The lowest BCUT2D eigenvalue weighted by Crippen LogP contribution is -1.90. The Balaban J connectivity index is 2.02. The summed E-state index contributed by atoms with van der Waals surface area (Å²) in [7, 11) is 1.88. The molecule has 84 valence electrons. The molecule has 0 unspecified atom stereocenters. The van der Waals surface area contributed by atoms with E-state index in [1.54, 1.807) is 11.8 Å². The van der Waals surface area contributed by atoms with Crippen LogP contribution in [0.25, 0.3) is 0 Å². The van der Waals surface area contributed by atoms with Crippen LogP contribution in [0.1, 0.15) is 5.69 Å². The van der Waals surface area contributed by atoms with E-state index in [9.17, 15) is 0 Å². The molecule has 0 aliphatic rings. The number of anilines is 1. The second kappa shape index (κ2) is 5.52. The van der Waals surface area contributed by atoms with Gasteiger partial charge in [0.1, 0.15) is 10.7 Å². The van der Waals surface area contributed by atoms with Gasteiger partial charge in [0.05, 0.1) is 0 Å². The largest absolute Gasteiger partial charge is 0.377 e. The molecule has 1 aromatic heterocycles. The lowest BCUT2D eigenvalue weighted by molar-refractivity contribution is 1.07. The van der Waals surface area contributed by atoms with E-state index in [0.717, 1.165) is 26.4 Å². The van der Waals surface area contributed by atoms with Gasteiger partial charge in [-0.1, -0.05) is 22.2 Å². The van der Waals surface area contributed by atoms with Gasteiger partial charge in [-0.25, -0.2) is 0 Å². The van der Waals surface area contributed by atoms with Gasteiger partial charge in [-0.05, 0) is 18.2 Å². The maximum Gasteiger partial charge on any atom is 0.133 e. The number of nitrogens with zero attached hydrogens (tertiary/aromatic N) is 2. The van der Waals surface area contributed by atoms with Gasteiger partial charge in [0.15, 0.2) is 0 Å². The van der Waals surface area contributed by atoms with Gasteiger partial charge in [0.2, 0.25) is 0 Å². The van der Waals surface area contributed by atoms with E-state index in [0.29, 0.717) is 0 Å². The SMILES string of the molecule is CNc1snnc1CSc1cccc(Cl)c1. The van der Waals surface area contributed by atoms with E-state index in [-0.39, 0.29) is 0 Å². The van der Waals surface area contributed by atoms with Crippen LogP contribution < -0.4 is 5.32 Å². The zero-order valence-corrected chi connectivity index (χ0v) is 11.0. The van der Waals surface area contributed by atoms with Crippen LogP contribution in [0.15, 0.2) is 29.2 Å². The number of rotatable bonds is 4. The Morgan fingerprint density at radius 3 is 3.12 bits per heavy atom. The monoisotopic (exact) mass is 271 g/mol. The maximum atomic E-state index is 5.91. The molecule has 3 nitrogen and oxygen atoms in total. The molecule has 0 fully saturated rings. The van der Waals surface area contributed by atoms with Gasteiger partial charge in [-0.15, -0.1) is 16.9 Å². The fourth-order valence-electron chi connectivity index (χ4n) is 1.20. The minimum absolute atomic E-state index is 0.759. The third-order valence-corrected chi connectivity index (χ3v) is 3.98. The number of thioether (sulfide) groups is 1. The van der Waals surface area contributed by atoms with Crippen molar-refractivity contribution in [3.8, 4) is 0 Å². The summed E-state index contributed by atoms with van der Waals surface area (Å²) in [6.45, 7) is 0. The van der Waals surface area contributed by atoms with Crippen LogP contribution in [0, 0.1) is 0 Å². The van der Waals surface area contributed by atoms with E-state index in [2.05, 4.69) is 14.9 Å². The van der Waals surface area contributed by atoms with Crippen molar-refractivity contribution in [1.29, 1.82) is 0 Å². The zero-order valence-electron chi connectivity index (χ0n) is 8.61. The molecule has 0 bridgehead atoms. The number of hydrogen-bond acceptors (Lipinski definition) is 5. The first-order valence-electron chi connectivity index (χ1n) is 4.67. The van der Waals surface area contributed by atoms with Gasteiger partial charge in [0, 0.05) is 34.3 Å². The fourth-order valence-corrected chi connectivity index (χ4v) is 2.97. The van der Waals surface area contributed by atoms with Crippen molar-refractivity contribution in [2.24, 2.45) is 0 Å². The average Bonchev–Trinajstić information content (AvgIpc) is 2.74. The summed E-state index contributed by atoms with van der Waals surface area (Å²) in [5.41, 5.74) is 0.984. The summed E-state index contributed by atoms with van der Waals surface area (Å²) in [4.78, 5) is 1.14. The molecule has 1 N–H and O–H groups in total. The summed E-state index contributed by atoms with van der Waals surface area (Å²) in [5, 5.41) is 8.94. The van der Waals surface area contributed by atoms with Crippen LogP contribution in [0.3, 0.4) is 0 Å². The zero-order chi connectivity index (χ0) is 11.4. The molecular formula is C10H10ClN3S2. The van der Waals surface area contributed by atoms with Crippen molar-refractivity contribution in [1.82, 2.24) is 9.59 Å². The molecule has 0 saturated carbocycles. The third-order valence-electron chi connectivity index (χ3n) is 1.95. The summed E-state index contributed by atoms with van der Waals surface area (Å²) in [6.07, 6.45) is 0. The average molecular weight is 272 g/mol. The molecule has 1 heterocycles. The molecule has 1 aromatic carbocycles. The highest BCUT2D eigenvalue weighted by atomic mass is 35.5. The van der Waals surface area contributed by atoms with Gasteiger partial charge >= 0.3 is 0 Å². The summed E-state index contributed by atoms with van der Waals surface area (Å²) < 4.78 is 3.91. The van der Waals surface area contributed by atoms with Crippen LogP contribution in [0.2, 0.25) is 5.02 Å². The Kier molecular flexibility index (Phi) is 4.04. The second-order valence-corrected chi connectivity index (χ2v) is 5.28. The maximum absolute atomic E-state index is 5.91. The molecule has 6 heteroatoms. The van der Waals surface area contributed by atoms with Crippen LogP contribution >= 0.6 is 34.9 Å². The molecule has 2 aromatic rings. The Morgan fingerprint density at radius 1 is 1.50 bits per heavy atom. The molecule has 0 atom stereocenters. The predicted octanol–water partition coefficient (Wildman–Crippen LogP) is 3.53. The first-order chi connectivity index (χ1) is 7.79. The fraction of sp³-hybridized carbons (Fsp3) is 0.200. The van der Waals surface area contributed by atoms with Crippen molar-refractivity contribution in [2.75, 3.05) is 12.4 Å².